The van der Waals surface area contributed by atoms with Gasteiger partial charge in [-0.25, -0.2) is 0 Å². The number of nitrogens with two attached hydrogens (primary N) is 1. The van der Waals surface area contributed by atoms with Crippen molar-refractivity contribution in [3.8, 4) is 0 Å². The summed E-state index contributed by atoms with van der Waals surface area (Å²) >= 11 is 0. The van der Waals surface area contributed by atoms with Crippen LogP contribution in [0, 0.1) is 0 Å². The zero-order valence-electron chi connectivity index (χ0n) is 16.2. The number of rotatable bonds is 7. The second kappa shape index (κ2) is 11.8. The Morgan fingerprint density at radius 1 is 1.08 bits per heavy atom. The molecule has 1 aliphatic rings. The standard InChI is InChI=1S/C19H32N4O.2ClH/c1-4-19(5-2,15-20)21-18(24)17-8-6-16(7-9-17)14-23-12-10-22(3)11-13-23;;/h6-9H,4-5,10-15,20H2,1-3H3,(H,21,24);2*1H. The molecular formula is C19H34Cl2N4O. The Labute approximate surface area is 170 Å². The van der Waals surface area contributed by atoms with Crippen molar-refractivity contribution in [3.63, 3.8) is 0 Å². The number of hydrogen-bond donors (Lipinski definition) is 2. The van der Waals surface area contributed by atoms with E-state index < -0.39 is 0 Å². The van der Waals surface area contributed by atoms with Gasteiger partial charge in [-0.3, -0.25) is 9.69 Å². The Kier molecular flexibility index (Phi) is 11.4. The highest BCUT2D eigenvalue weighted by Crippen LogP contribution is 2.15. The SMILES string of the molecule is CCC(CC)(CN)NC(=O)c1ccc(CN2CCN(C)CC2)cc1.Cl.Cl. The van der Waals surface area contributed by atoms with Gasteiger partial charge in [0, 0.05) is 44.8 Å². The van der Waals surface area contributed by atoms with Crippen LogP contribution >= 0.6 is 24.8 Å². The predicted molar refractivity (Wildman–Crippen MR) is 114 cm³/mol. The third-order valence-electron chi connectivity index (χ3n) is 5.34. The van der Waals surface area contributed by atoms with Crippen molar-refractivity contribution >= 4 is 30.7 Å². The lowest BCUT2D eigenvalue weighted by atomic mass is 9.92. The monoisotopic (exact) mass is 404 g/mol. The van der Waals surface area contributed by atoms with Gasteiger partial charge in [0.2, 0.25) is 0 Å². The molecule has 0 saturated carbocycles. The van der Waals surface area contributed by atoms with Gasteiger partial charge >= 0.3 is 0 Å². The summed E-state index contributed by atoms with van der Waals surface area (Å²) in [6, 6.07) is 7.98. The Hall–Kier alpha value is -0.850. The number of likely N-dealkylation sites (N-methyl/N-ethyl adjacent to an activating group) is 1. The van der Waals surface area contributed by atoms with E-state index in [9.17, 15) is 4.79 Å². The van der Waals surface area contributed by atoms with Crippen LogP contribution in [0.4, 0.5) is 0 Å². The summed E-state index contributed by atoms with van der Waals surface area (Å²) in [5, 5.41) is 3.12. The summed E-state index contributed by atoms with van der Waals surface area (Å²) in [7, 11) is 2.17. The van der Waals surface area contributed by atoms with Crippen molar-refractivity contribution in [1.29, 1.82) is 0 Å². The van der Waals surface area contributed by atoms with Crippen LogP contribution in [0.3, 0.4) is 0 Å². The molecule has 3 N–H and O–H groups in total. The Morgan fingerprint density at radius 3 is 2.08 bits per heavy atom. The molecule has 1 saturated heterocycles. The van der Waals surface area contributed by atoms with Crippen LogP contribution < -0.4 is 11.1 Å². The van der Waals surface area contributed by atoms with Crippen molar-refractivity contribution in [2.24, 2.45) is 5.73 Å². The van der Waals surface area contributed by atoms with Crippen LogP contribution in [0.2, 0.25) is 0 Å². The largest absolute Gasteiger partial charge is 0.345 e. The highest BCUT2D eigenvalue weighted by Gasteiger charge is 2.26. The number of carbonyl (C=O) groups is 1. The van der Waals surface area contributed by atoms with Gasteiger partial charge in [0.05, 0.1) is 5.54 Å². The summed E-state index contributed by atoms with van der Waals surface area (Å²) in [6.07, 6.45) is 1.68. The molecule has 1 aromatic rings. The Morgan fingerprint density at radius 2 is 1.62 bits per heavy atom. The molecule has 0 spiro atoms. The topological polar surface area (TPSA) is 61.6 Å². The lowest BCUT2D eigenvalue weighted by Crippen LogP contribution is -2.52. The van der Waals surface area contributed by atoms with Gasteiger partial charge in [-0.05, 0) is 37.6 Å². The molecule has 150 valence electrons. The van der Waals surface area contributed by atoms with Gasteiger partial charge in [-0.2, -0.15) is 0 Å². The molecular weight excluding hydrogens is 371 g/mol. The molecule has 1 aliphatic heterocycles. The molecule has 0 unspecified atom stereocenters. The number of nitrogens with zero attached hydrogens (tertiary/aromatic N) is 2. The van der Waals surface area contributed by atoms with Crippen molar-refractivity contribution < 1.29 is 4.79 Å². The van der Waals surface area contributed by atoms with Crippen LogP contribution in [-0.2, 0) is 6.54 Å². The molecule has 2 rings (SSSR count). The maximum absolute atomic E-state index is 12.5. The first-order chi connectivity index (χ1) is 11.5. The first-order valence-electron chi connectivity index (χ1n) is 9.04. The fourth-order valence-electron chi connectivity index (χ4n) is 3.11. The molecule has 0 atom stereocenters. The van der Waals surface area contributed by atoms with Gasteiger partial charge < -0.3 is 16.0 Å². The number of amides is 1. The summed E-state index contributed by atoms with van der Waals surface area (Å²) in [5.41, 5.74) is 7.54. The molecule has 1 amide bonds. The van der Waals surface area contributed by atoms with Gasteiger partial charge in [0.25, 0.3) is 5.91 Å². The summed E-state index contributed by atoms with van der Waals surface area (Å²) in [4.78, 5) is 17.3. The average Bonchev–Trinajstić information content (AvgIpc) is 2.62. The van der Waals surface area contributed by atoms with E-state index >= 15 is 0 Å². The predicted octanol–water partition coefficient (Wildman–Crippen LogP) is 2.52. The molecule has 26 heavy (non-hydrogen) atoms. The maximum atomic E-state index is 12.5. The molecule has 1 fully saturated rings. The van der Waals surface area contributed by atoms with Crippen LogP contribution in [0.1, 0.15) is 42.6 Å². The summed E-state index contributed by atoms with van der Waals surface area (Å²) in [6.45, 7) is 9.99. The van der Waals surface area contributed by atoms with Crippen LogP contribution in [0.15, 0.2) is 24.3 Å². The fourth-order valence-corrected chi connectivity index (χ4v) is 3.11. The minimum atomic E-state index is -0.296. The molecule has 0 aromatic heterocycles. The number of piperazine rings is 1. The minimum absolute atomic E-state index is 0. The Balaban J connectivity index is 0.00000312. The average molecular weight is 405 g/mol. The molecule has 1 heterocycles. The smallest absolute Gasteiger partial charge is 0.251 e. The van der Waals surface area contributed by atoms with E-state index in [1.807, 2.05) is 12.1 Å². The number of benzene rings is 1. The number of nitrogens with one attached hydrogen (secondary N) is 1. The number of halogens is 2. The highest BCUT2D eigenvalue weighted by molar-refractivity contribution is 5.94. The zero-order chi connectivity index (χ0) is 17.6. The summed E-state index contributed by atoms with van der Waals surface area (Å²) < 4.78 is 0. The van der Waals surface area contributed by atoms with E-state index in [1.54, 1.807) is 0 Å². The van der Waals surface area contributed by atoms with Gasteiger partial charge in [-0.1, -0.05) is 26.0 Å². The van der Waals surface area contributed by atoms with Crippen molar-refractivity contribution in [3.05, 3.63) is 35.4 Å². The maximum Gasteiger partial charge on any atom is 0.251 e. The van der Waals surface area contributed by atoms with Gasteiger partial charge in [0.1, 0.15) is 0 Å². The van der Waals surface area contributed by atoms with Crippen LogP contribution in [0.25, 0.3) is 0 Å². The lowest BCUT2D eigenvalue weighted by Gasteiger charge is -2.32. The van der Waals surface area contributed by atoms with Crippen LogP contribution in [-0.4, -0.2) is 61.0 Å². The molecule has 1 aromatic carbocycles. The number of hydrogen-bond acceptors (Lipinski definition) is 4. The molecule has 0 bridgehead atoms. The fraction of sp³-hybridized carbons (Fsp3) is 0.632. The summed E-state index contributed by atoms with van der Waals surface area (Å²) in [5.74, 6) is -0.0321. The van der Waals surface area contributed by atoms with Crippen LogP contribution in [0.5, 0.6) is 0 Å². The van der Waals surface area contributed by atoms with E-state index in [4.69, 9.17) is 5.73 Å². The zero-order valence-corrected chi connectivity index (χ0v) is 17.8. The molecule has 0 aliphatic carbocycles. The van der Waals surface area contributed by atoms with E-state index in [0.717, 1.165) is 45.6 Å². The van der Waals surface area contributed by atoms with E-state index in [2.05, 4.69) is 48.1 Å². The van der Waals surface area contributed by atoms with Gasteiger partial charge in [-0.15, -0.1) is 24.8 Å². The van der Waals surface area contributed by atoms with Crippen molar-refractivity contribution in [2.75, 3.05) is 39.8 Å². The third kappa shape index (κ3) is 6.71. The molecule has 0 radical (unpaired) electrons. The third-order valence-corrected chi connectivity index (χ3v) is 5.34. The number of carbonyl (C=O) groups excluding carboxylic acids is 1. The first kappa shape index (κ1) is 25.1. The van der Waals surface area contributed by atoms with Gasteiger partial charge in [0.15, 0.2) is 0 Å². The Bertz CT molecular complexity index is 519. The first-order valence-corrected chi connectivity index (χ1v) is 9.04. The van der Waals surface area contributed by atoms with Crippen molar-refractivity contribution in [2.45, 2.75) is 38.8 Å². The van der Waals surface area contributed by atoms with E-state index in [1.165, 1.54) is 5.56 Å². The quantitative estimate of drug-likeness (QED) is 0.732. The lowest BCUT2D eigenvalue weighted by molar-refractivity contribution is 0.0895. The molecule has 5 nitrogen and oxygen atoms in total. The van der Waals surface area contributed by atoms with E-state index in [-0.39, 0.29) is 36.3 Å². The highest BCUT2D eigenvalue weighted by atomic mass is 35.5. The second-order valence-corrected chi connectivity index (χ2v) is 6.92. The minimum Gasteiger partial charge on any atom is -0.345 e. The normalized spacial score (nSPS) is 15.7. The molecule has 7 heteroatoms. The second-order valence-electron chi connectivity index (χ2n) is 6.92. The van der Waals surface area contributed by atoms with E-state index in [0.29, 0.717) is 12.1 Å². The van der Waals surface area contributed by atoms with Crippen molar-refractivity contribution in [1.82, 2.24) is 15.1 Å².